The minimum Gasteiger partial charge on any atom is -0.456 e. The fraction of sp³-hybridized carbons (Fsp3) is 0.353. The summed E-state index contributed by atoms with van der Waals surface area (Å²) in [6.45, 7) is 5.88. The van der Waals surface area contributed by atoms with Crippen molar-refractivity contribution in [3.05, 3.63) is 59.8 Å². The van der Waals surface area contributed by atoms with Crippen molar-refractivity contribution in [2.24, 2.45) is 0 Å². The first-order valence-electron chi connectivity index (χ1n) is 8.02. The smallest absolute Gasteiger partial charge is 0.290 e. The van der Waals surface area contributed by atoms with E-state index in [1.807, 2.05) is 48.0 Å². The lowest BCUT2D eigenvalue weighted by Gasteiger charge is -2.33. The summed E-state index contributed by atoms with van der Waals surface area (Å²) in [5.74, 6) is 1.95. The summed E-state index contributed by atoms with van der Waals surface area (Å²) in [6, 6.07) is 5.35. The number of hydrogen-bond donors (Lipinski definition) is 0. The Morgan fingerprint density at radius 1 is 1.38 bits per heavy atom. The predicted molar refractivity (Wildman–Crippen MR) is 86.5 cm³/mol. The Hall–Kier alpha value is -2.83. The lowest BCUT2D eigenvalue weighted by atomic mass is 10.2. The van der Waals surface area contributed by atoms with Crippen LogP contribution in [-0.4, -0.2) is 36.7 Å². The highest BCUT2D eigenvalue weighted by Crippen LogP contribution is 2.27. The Kier molecular flexibility index (Phi) is 3.48. The Morgan fingerprint density at radius 2 is 2.25 bits per heavy atom. The second kappa shape index (κ2) is 5.67. The van der Waals surface area contributed by atoms with Gasteiger partial charge in [-0.25, -0.2) is 4.98 Å². The van der Waals surface area contributed by atoms with E-state index in [4.69, 9.17) is 4.42 Å². The molecule has 0 unspecified atom stereocenters. The van der Waals surface area contributed by atoms with E-state index < -0.39 is 0 Å². The van der Waals surface area contributed by atoms with Crippen molar-refractivity contribution in [3.63, 3.8) is 0 Å². The van der Waals surface area contributed by atoms with Crippen molar-refractivity contribution in [1.82, 2.24) is 24.2 Å². The first-order valence-corrected chi connectivity index (χ1v) is 8.02. The van der Waals surface area contributed by atoms with Crippen LogP contribution >= 0.6 is 0 Å². The van der Waals surface area contributed by atoms with Gasteiger partial charge >= 0.3 is 0 Å². The quantitative estimate of drug-likeness (QED) is 0.740. The van der Waals surface area contributed by atoms with Crippen LogP contribution in [0.25, 0.3) is 0 Å². The average molecular weight is 325 g/mol. The molecule has 0 saturated heterocycles. The first kappa shape index (κ1) is 14.7. The maximum Gasteiger partial charge on any atom is 0.290 e. The predicted octanol–water partition coefficient (Wildman–Crippen LogP) is 2.25. The Bertz CT molecular complexity index is 862. The molecule has 0 saturated carbocycles. The minimum absolute atomic E-state index is 0.0847. The van der Waals surface area contributed by atoms with Crippen LogP contribution in [0.15, 0.2) is 41.2 Å². The number of carbonyl (C=O) groups is 1. The van der Waals surface area contributed by atoms with Crippen molar-refractivity contribution < 1.29 is 9.21 Å². The molecule has 1 aliphatic rings. The number of amides is 1. The van der Waals surface area contributed by atoms with Crippen LogP contribution in [0.2, 0.25) is 0 Å². The number of aromatic nitrogens is 4. The molecular formula is C17H19N5O2. The van der Waals surface area contributed by atoms with Crippen molar-refractivity contribution in [1.29, 1.82) is 0 Å². The molecule has 3 aromatic rings. The summed E-state index contributed by atoms with van der Waals surface area (Å²) in [7, 11) is 0. The van der Waals surface area contributed by atoms with E-state index in [0.29, 0.717) is 18.8 Å². The first-order chi connectivity index (χ1) is 11.6. The van der Waals surface area contributed by atoms with Gasteiger partial charge in [0.1, 0.15) is 11.6 Å². The summed E-state index contributed by atoms with van der Waals surface area (Å²) < 4.78 is 9.54. The van der Waals surface area contributed by atoms with Crippen LogP contribution in [0.5, 0.6) is 0 Å². The van der Waals surface area contributed by atoms with Crippen LogP contribution in [-0.2, 0) is 13.1 Å². The van der Waals surface area contributed by atoms with Crippen molar-refractivity contribution in [2.45, 2.75) is 33.0 Å². The summed E-state index contributed by atoms with van der Waals surface area (Å²) in [5.41, 5.74) is 1.10. The van der Waals surface area contributed by atoms with Crippen LogP contribution in [0.3, 0.4) is 0 Å². The van der Waals surface area contributed by atoms with Crippen LogP contribution in [0.1, 0.15) is 40.8 Å². The second-order valence-electron chi connectivity index (χ2n) is 6.05. The molecule has 0 radical (unpaired) electrons. The maximum absolute atomic E-state index is 12.7. The van der Waals surface area contributed by atoms with Gasteiger partial charge in [-0.1, -0.05) is 0 Å². The third-order valence-corrected chi connectivity index (χ3v) is 4.47. The van der Waals surface area contributed by atoms with E-state index in [1.165, 1.54) is 0 Å². The number of hydrogen-bond acceptors (Lipinski definition) is 4. The van der Waals surface area contributed by atoms with E-state index in [1.54, 1.807) is 12.3 Å². The average Bonchev–Trinajstić information content (AvgIpc) is 3.30. The molecule has 1 amide bonds. The van der Waals surface area contributed by atoms with Crippen molar-refractivity contribution >= 4 is 5.91 Å². The van der Waals surface area contributed by atoms with Crippen LogP contribution < -0.4 is 0 Å². The van der Waals surface area contributed by atoms with Gasteiger partial charge in [-0.2, -0.15) is 5.10 Å². The topological polar surface area (TPSA) is 69.1 Å². The molecule has 4 heterocycles. The molecule has 4 rings (SSSR count). The molecular weight excluding hydrogens is 306 g/mol. The lowest BCUT2D eigenvalue weighted by Crippen LogP contribution is -2.41. The molecule has 0 spiro atoms. The van der Waals surface area contributed by atoms with Crippen LogP contribution in [0, 0.1) is 6.92 Å². The zero-order valence-corrected chi connectivity index (χ0v) is 13.7. The molecule has 0 N–H and O–H groups in total. The number of aryl methyl sites for hydroxylation is 1. The van der Waals surface area contributed by atoms with E-state index >= 15 is 0 Å². The highest BCUT2D eigenvalue weighted by molar-refractivity contribution is 5.91. The molecule has 1 aliphatic heterocycles. The molecule has 0 aliphatic carbocycles. The van der Waals surface area contributed by atoms with Gasteiger partial charge in [0.05, 0.1) is 24.5 Å². The summed E-state index contributed by atoms with van der Waals surface area (Å²) in [5, 5.41) is 4.24. The van der Waals surface area contributed by atoms with Gasteiger partial charge in [-0.05, 0) is 32.0 Å². The Balaban J connectivity index is 1.58. The fourth-order valence-electron chi connectivity index (χ4n) is 3.21. The standard InChI is InChI=1S/C17H19N5O2/c1-12-4-5-15(24-12)17(23)21-8-9-22-14(10-18-16(22)13(21)2)11-20-7-3-6-19-20/h3-7,10,13H,8-9,11H2,1-2H3/t13-/m0/s1. The molecule has 0 aromatic carbocycles. The Morgan fingerprint density at radius 3 is 2.96 bits per heavy atom. The summed E-state index contributed by atoms with van der Waals surface area (Å²) in [6.07, 6.45) is 5.57. The van der Waals surface area contributed by atoms with Gasteiger partial charge in [0, 0.05) is 25.5 Å². The monoisotopic (exact) mass is 325 g/mol. The maximum atomic E-state index is 12.7. The fourth-order valence-corrected chi connectivity index (χ4v) is 3.21. The van der Waals surface area contributed by atoms with Crippen molar-refractivity contribution in [2.75, 3.05) is 6.54 Å². The molecule has 3 aromatic heterocycles. The second-order valence-corrected chi connectivity index (χ2v) is 6.05. The number of rotatable bonds is 3. The molecule has 7 heteroatoms. The minimum atomic E-state index is -0.0944. The molecule has 0 bridgehead atoms. The SMILES string of the molecule is Cc1ccc(C(=O)N2CCn3c(Cn4cccn4)cnc3[C@@H]2C)o1. The van der Waals surface area contributed by atoms with Gasteiger partial charge in [0.15, 0.2) is 5.76 Å². The molecule has 1 atom stereocenters. The number of nitrogens with zero attached hydrogens (tertiary/aromatic N) is 5. The van der Waals surface area contributed by atoms with E-state index in [0.717, 1.165) is 23.8 Å². The normalized spacial score (nSPS) is 17.1. The van der Waals surface area contributed by atoms with Gasteiger partial charge in [0.2, 0.25) is 0 Å². The van der Waals surface area contributed by atoms with Crippen molar-refractivity contribution in [3.8, 4) is 0 Å². The lowest BCUT2D eigenvalue weighted by molar-refractivity contribution is 0.0602. The van der Waals surface area contributed by atoms with E-state index in [-0.39, 0.29) is 11.9 Å². The molecule has 7 nitrogen and oxygen atoms in total. The van der Waals surface area contributed by atoms with Gasteiger partial charge < -0.3 is 13.9 Å². The summed E-state index contributed by atoms with van der Waals surface area (Å²) >= 11 is 0. The van der Waals surface area contributed by atoms with E-state index in [2.05, 4.69) is 14.6 Å². The number of carbonyl (C=O) groups excluding carboxylic acids is 1. The van der Waals surface area contributed by atoms with E-state index in [9.17, 15) is 4.79 Å². The third-order valence-electron chi connectivity index (χ3n) is 4.47. The summed E-state index contributed by atoms with van der Waals surface area (Å²) in [4.78, 5) is 19.0. The zero-order chi connectivity index (χ0) is 16.7. The largest absolute Gasteiger partial charge is 0.456 e. The number of imidazole rings is 1. The number of fused-ring (bicyclic) bond motifs is 1. The molecule has 24 heavy (non-hydrogen) atoms. The van der Waals surface area contributed by atoms with Gasteiger partial charge in [-0.15, -0.1) is 0 Å². The molecule has 0 fully saturated rings. The molecule has 124 valence electrons. The number of furan rings is 1. The van der Waals surface area contributed by atoms with Gasteiger partial charge in [-0.3, -0.25) is 9.48 Å². The zero-order valence-electron chi connectivity index (χ0n) is 13.7. The Labute approximate surface area is 139 Å². The highest BCUT2D eigenvalue weighted by atomic mass is 16.3. The third kappa shape index (κ3) is 2.42. The van der Waals surface area contributed by atoms with Gasteiger partial charge in [0.25, 0.3) is 5.91 Å². The highest BCUT2D eigenvalue weighted by Gasteiger charge is 2.32. The van der Waals surface area contributed by atoms with Crippen LogP contribution in [0.4, 0.5) is 0 Å².